The molecule has 3 rings (SSSR count). The van der Waals surface area contributed by atoms with Gasteiger partial charge in [-0.25, -0.2) is 0 Å². The van der Waals surface area contributed by atoms with Crippen LogP contribution in [-0.2, 0) is 6.42 Å². The van der Waals surface area contributed by atoms with Crippen molar-refractivity contribution < 1.29 is 4.74 Å². The molecule has 0 bridgehead atoms. The SMILES string of the molecule is c1ccc2c(c1)CC1CNCCC1O2. The van der Waals surface area contributed by atoms with Crippen molar-refractivity contribution in [3.8, 4) is 5.75 Å². The maximum Gasteiger partial charge on any atom is 0.122 e. The second-order valence-electron chi connectivity index (χ2n) is 4.22. The van der Waals surface area contributed by atoms with E-state index in [0.29, 0.717) is 12.0 Å². The lowest BCUT2D eigenvalue weighted by Crippen LogP contribution is -2.45. The number of ether oxygens (including phenoxy) is 1. The third-order valence-corrected chi connectivity index (χ3v) is 3.27. The van der Waals surface area contributed by atoms with Crippen LogP contribution in [0, 0.1) is 5.92 Å². The van der Waals surface area contributed by atoms with E-state index < -0.39 is 0 Å². The van der Waals surface area contributed by atoms with Crippen molar-refractivity contribution >= 4 is 0 Å². The van der Waals surface area contributed by atoms with Crippen molar-refractivity contribution in [3.63, 3.8) is 0 Å². The highest BCUT2D eigenvalue weighted by Gasteiger charge is 2.31. The van der Waals surface area contributed by atoms with E-state index in [9.17, 15) is 0 Å². The molecule has 0 amide bonds. The zero-order valence-corrected chi connectivity index (χ0v) is 8.20. The van der Waals surface area contributed by atoms with E-state index in [1.165, 1.54) is 12.0 Å². The molecule has 14 heavy (non-hydrogen) atoms. The summed E-state index contributed by atoms with van der Waals surface area (Å²) in [6.45, 7) is 2.21. The number of rotatable bonds is 0. The molecule has 2 heterocycles. The summed E-state index contributed by atoms with van der Waals surface area (Å²) in [5, 5.41) is 3.43. The summed E-state index contributed by atoms with van der Waals surface area (Å²) in [5.41, 5.74) is 1.37. The first-order valence-corrected chi connectivity index (χ1v) is 5.39. The quantitative estimate of drug-likeness (QED) is 0.669. The van der Waals surface area contributed by atoms with Crippen molar-refractivity contribution in [1.29, 1.82) is 0 Å². The largest absolute Gasteiger partial charge is 0.490 e. The van der Waals surface area contributed by atoms with Crippen LogP contribution in [0.15, 0.2) is 24.3 Å². The van der Waals surface area contributed by atoms with Gasteiger partial charge in [-0.1, -0.05) is 18.2 Å². The fourth-order valence-corrected chi connectivity index (χ4v) is 2.49. The van der Waals surface area contributed by atoms with Crippen molar-refractivity contribution in [1.82, 2.24) is 5.32 Å². The number of hydrogen-bond donors (Lipinski definition) is 1. The fourth-order valence-electron chi connectivity index (χ4n) is 2.49. The zero-order chi connectivity index (χ0) is 9.38. The Morgan fingerprint density at radius 1 is 1.29 bits per heavy atom. The topological polar surface area (TPSA) is 21.3 Å². The lowest BCUT2D eigenvalue weighted by Gasteiger charge is -2.37. The minimum atomic E-state index is 0.450. The molecule has 1 fully saturated rings. The highest BCUT2D eigenvalue weighted by atomic mass is 16.5. The lowest BCUT2D eigenvalue weighted by atomic mass is 9.87. The van der Waals surface area contributed by atoms with E-state index in [2.05, 4.69) is 29.6 Å². The third-order valence-electron chi connectivity index (χ3n) is 3.27. The summed E-state index contributed by atoms with van der Waals surface area (Å²) < 4.78 is 6.00. The van der Waals surface area contributed by atoms with Crippen LogP contribution in [0.5, 0.6) is 5.75 Å². The summed E-state index contributed by atoms with van der Waals surface area (Å²) in [4.78, 5) is 0. The molecule has 0 aliphatic carbocycles. The van der Waals surface area contributed by atoms with E-state index in [4.69, 9.17) is 4.74 Å². The van der Waals surface area contributed by atoms with E-state index in [-0.39, 0.29) is 0 Å². The lowest BCUT2D eigenvalue weighted by molar-refractivity contribution is 0.0845. The third kappa shape index (κ3) is 1.30. The first-order chi connectivity index (χ1) is 6.93. The van der Waals surface area contributed by atoms with Crippen LogP contribution in [0.2, 0.25) is 0 Å². The van der Waals surface area contributed by atoms with Crippen molar-refractivity contribution in [2.75, 3.05) is 13.1 Å². The van der Waals surface area contributed by atoms with Crippen molar-refractivity contribution in [2.24, 2.45) is 5.92 Å². The number of fused-ring (bicyclic) bond motifs is 2. The normalized spacial score (nSPS) is 30.0. The van der Waals surface area contributed by atoms with Gasteiger partial charge in [0.25, 0.3) is 0 Å². The molecule has 1 N–H and O–H groups in total. The molecule has 2 heteroatoms. The van der Waals surface area contributed by atoms with E-state index >= 15 is 0 Å². The van der Waals surface area contributed by atoms with Crippen LogP contribution >= 0.6 is 0 Å². The number of piperidine rings is 1. The second kappa shape index (κ2) is 3.28. The van der Waals surface area contributed by atoms with Gasteiger partial charge in [-0.3, -0.25) is 0 Å². The molecule has 2 unspecified atom stereocenters. The first-order valence-electron chi connectivity index (χ1n) is 5.39. The molecule has 0 radical (unpaired) electrons. The highest BCUT2D eigenvalue weighted by Crippen LogP contribution is 2.32. The Hall–Kier alpha value is -1.02. The summed E-state index contributed by atoms with van der Waals surface area (Å²) >= 11 is 0. The minimum Gasteiger partial charge on any atom is -0.490 e. The molecular weight excluding hydrogens is 174 g/mol. The van der Waals surface area contributed by atoms with Gasteiger partial charge in [0, 0.05) is 12.5 Å². The Morgan fingerprint density at radius 3 is 3.21 bits per heavy atom. The summed E-state index contributed by atoms with van der Waals surface area (Å²) in [7, 11) is 0. The van der Waals surface area contributed by atoms with Gasteiger partial charge in [-0.05, 0) is 31.0 Å². The fraction of sp³-hybridized carbons (Fsp3) is 0.500. The van der Waals surface area contributed by atoms with Crippen LogP contribution in [-0.4, -0.2) is 19.2 Å². The van der Waals surface area contributed by atoms with Gasteiger partial charge < -0.3 is 10.1 Å². The molecule has 0 aromatic heterocycles. The molecule has 2 nitrogen and oxygen atoms in total. The molecule has 1 aromatic carbocycles. The van der Waals surface area contributed by atoms with Gasteiger partial charge in [-0.15, -0.1) is 0 Å². The molecule has 2 aliphatic heterocycles. The standard InChI is InChI=1S/C12H15NO/c1-2-4-11-9(3-1)7-10-8-13-6-5-12(10)14-11/h1-4,10,12-13H,5-8H2. The predicted octanol–water partition coefficient (Wildman–Crippen LogP) is 1.60. The number of benzene rings is 1. The van der Waals surface area contributed by atoms with Gasteiger partial charge in [-0.2, -0.15) is 0 Å². The van der Waals surface area contributed by atoms with Crippen LogP contribution in [0.1, 0.15) is 12.0 Å². The van der Waals surface area contributed by atoms with Gasteiger partial charge >= 0.3 is 0 Å². The molecule has 2 atom stereocenters. The summed E-state index contributed by atoms with van der Waals surface area (Å²) in [5.74, 6) is 1.79. The average Bonchev–Trinajstić information content (AvgIpc) is 2.26. The monoisotopic (exact) mass is 189 g/mol. The number of hydrogen-bond acceptors (Lipinski definition) is 2. The maximum atomic E-state index is 6.00. The second-order valence-corrected chi connectivity index (χ2v) is 4.22. The van der Waals surface area contributed by atoms with E-state index in [0.717, 1.165) is 25.3 Å². The number of nitrogens with one attached hydrogen (secondary N) is 1. The Labute approximate surface area is 84.3 Å². The molecule has 0 spiro atoms. The van der Waals surface area contributed by atoms with E-state index in [1.54, 1.807) is 0 Å². The average molecular weight is 189 g/mol. The predicted molar refractivity (Wildman–Crippen MR) is 55.5 cm³/mol. The zero-order valence-electron chi connectivity index (χ0n) is 8.20. The molecule has 74 valence electrons. The van der Waals surface area contributed by atoms with Gasteiger partial charge in [0.15, 0.2) is 0 Å². The van der Waals surface area contributed by atoms with Crippen LogP contribution in [0.4, 0.5) is 0 Å². The minimum absolute atomic E-state index is 0.450. The molecule has 1 saturated heterocycles. The Morgan fingerprint density at radius 2 is 2.21 bits per heavy atom. The molecule has 0 saturated carbocycles. The van der Waals surface area contributed by atoms with Crippen LogP contribution < -0.4 is 10.1 Å². The van der Waals surface area contributed by atoms with Crippen LogP contribution in [0.25, 0.3) is 0 Å². The Kier molecular flexibility index (Phi) is 1.95. The van der Waals surface area contributed by atoms with Crippen LogP contribution in [0.3, 0.4) is 0 Å². The van der Waals surface area contributed by atoms with Gasteiger partial charge in [0.1, 0.15) is 11.9 Å². The molecule has 2 aliphatic rings. The smallest absolute Gasteiger partial charge is 0.122 e. The molecule has 1 aromatic rings. The van der Waals surface area contributed by atoms with Crippen molar-refractivity contribution in [2.45, 2.75) is 18.9 Å². The van der Waals surface area contributed by atoms with Gasteiger partial charge in [0.05, 0.1) is 0 Å². The first kappa shape index (κ1) is 8.30. The summed E-state index contributed by atoms with van der Waals surface area (Å²) in [6, 6.07) is 8.42. The van der Waals surface area contributed by atoms with Crippen molar-refractivity contribution in [3.05, 3.63) is 29.8 Å². The summed E-state index contributed by atoms with van der Waals surface area (Å²) in [6.07, 6.45) is 2.78. The Bertz CT molecular complexity index is 304. The Balaban J connectivity index is 1.91. The maximum absolute atomic E-state index is 6.00. The molecular formula is C12H15NO. The van der Waals surface area contributed by atoms with Gasteiger partial charge in [0.2, 0.25) is 0 Å². The number of para-hydroxylation sites is 1. The highest BCUT2D eigenvalue weighted by molar-refractivity contribution is 5.35. The van der Waals surface area contributed by atoms with E-state index in [1.807, 2.05) is 0 Å².